The number of pyridine rings is 1. The van der Waals surface area contributed by atoms with E-state index >= 15 is 0 Å². The minimum atomic E-state index is 0.143. The van der Waals surface area contributed by atoms with Crippen LogP contribution in [-0.4, -0.2) is 21.8 Å². The molecule has 0 fully saturated rings. The van der Waals surface area contributed by atoms with Gasteiger partial charge in [-0.15, -0.1) is 11.6 Å². The van der Waals surface area contributed by atoms with Gasteiger partial charge >= 0.3 is 0 Å². The predicted octanol–water partition coefficient (Wildman–Crippen LogP) is 2.17. The van der Waals surface area contributed by atoms with E-state index < -0.39 is 0 Å². The van der Waals surface area contributed by atoms with Gasteiger partial charge in [-0.05, 0) is 18.2 Å². The number of aromatic nitrogens is 1. The number of nitrogens with zero attached hydrogens (tertiary/aromatic N) is 2. The maximum absolute atomic E-state index is 9.26. The Hall–Kier alpha value is -1.81. The Labute approximate surface area is 97.4 Å². The lowest BCUT2D eigenvalue weighted by Gasteiger charge is -2.00. The molecule has 4 nitrogen and oxygen atoms in total. The van der Waals surface area contributed by atoms with E-state index in [9.17, 15) is 5.11 Å². The van der Waals surface area contributed by atoms with Crippen LogP contribution in [0.3, 0.4) is 0 Å². The van der Waals surface area contributed by atoms with Crippen molar-refractivity contribution in [2.45, 2.75) is 0 Å². The molecule has 0 bridgehead atoms. The molecule has 1 aromatic heterocycles. The number of rotatable bonds is 2. The summed E-state index contributed by atoms with van der Waals surface area (Å²) in [6.07, 6.45) is 1.39. The molecule has 5 heteroatoms. The van der Waals surface area contributed by atoms with Crippen molar-refractivity contribution in [2.24, 2.45) is 10.7 Å². The van der Waals surface area contributed by atoms with Gasteiger partial charge in [0.15, 0.2) is 0 Å². The monoisotopic (exact) mass is 235 g/mol. The molecule has 0 radical (unpaired) electrons. The average Bonchev–Trinajstić information content (AvgIpc) is 2.29. The topological polar surface area (TPSA) is 71.5 Å². The van der Waals surface area contributed by atoms with Gasteiger partial charge in [-0.25, -0.2) is 4.99 Å². The van der Waals surface area contributed by atoms with Crippen molar-refractivity contribution < 1.29 is 5.11 Å². The standard InChI is InChI=1S/C11H10ClN3O/c12-5-11(13)15-8-2-1-7-3-9(16)6-14-10(7)4-8/h1-4,6,16H,5H2,(H2,13,15). The highest BCUT2D eigenvalue weighted by atomic mass is 35.5. The SMILES string of the molecule is NC(CCl)=Nc1ccc2cc(O)cnc2c1. The quantitative estimate of drug-likeness (QED) is 0.476. The molecule has 2 aromatic rings. The Morgan fingerprint density at radius 1 is 1.44 bits per heavy atom. The van der Waals surface area contributed by atoms with Crippen molar-refractivity contribution in [1.82, 2.24) is 4.98 Å². The zero-order valence-electron chi connectivity index (χ0n) is 8.39. The van der Waals surface area contributed by atoms with Crippen LogP contribution in [0.1, 0.15) is 0 Å². The average molecular weight is 236 g/mol. The van der Waals surface area contributed by atoms with Crippen LogP contribution in [0.15, 0.2) is 35.5 Å². The maximum Gasteiger partial charge on any atom is 0.134 e. The molecule has 82 valence electrons. The second-order valence-corrected chi connectivity index (χ2v) is 3.57. The van der Waals surface area contributed by atoms with Gasteiger partial charge in [-0.3, -0.25) is 4.98 Å². The van der Waals surface area contributed by atoms with Crippen molar-refractivity contribution in [3.05, 3.63) is 30.5 Å². The number of aliphatic imine (C=N–C) groups is 1. The van der Waals surface area contributed by atoms with E-state index in [1.54, 1.807) is 18.2 Å². The Balaban J connectivity index is 2.48. The lowest BCUT2D eigenvalue weighted by atomic mass is 10.2. The molecule has 2 rings (SSSR count). The number of hydrogen-bond donors (Lipinski definition) is 2. The van der Waals surface area contributed by atoms with Crippen LogP contribution in [0.5, 0.6) is 5.75 Å². The molecule has 1 aromatic carbocycles. The van der Waals surface area contributed by atoms with Gasteiger partial charge in [0.25, 0.3) is 0 Å². The lowest BCUT2D eigenvalue weighted by molar-refractivity contribution is 0.474. The van der Waals surface area contributed by atoms with Crippen LogP contribution in [0, 0.1) is 0 Å². The van der Waals surface area contributed by atoms with Crippen molar-refractivity contribution in [3.8, 4) is 5.75 Å². The van der Waals surface area contributed by atoms with Crippen molar-refractivity contribution in [2.75, 3.05) is 5.88 Å². The molecule has 0 aliphatic rings. The maximum atomic E-state index is 9.26. The molecule has 16 heavy (non-hydrogen) atoms. The van der Waals surface area contributed by atoms with E-state index in [2.05, 4.69) is 9.98 Å². The molecule has 0 aliphatic carbocycles. The van der Waals surface area contributed by atoms with E-state index in [1.807, 2.05) is 6.07 Å². The number of nitrogens with two attached hydrogens (primary N) is 1. The Morgan fingerprint density at radius 2 is 2.25 bits per heavy atom. The van der Waals surface area contributed by atoms with Crippen LogP contribution in [0.25, 0.3) is 10.9 Å². The van der Waals surface area contributed by atoms with Gasteiger partial charge in [0.1, 0.15) is 11.6 Å². The first kappa shape index (κ1) is 10.7. The first-order valence-corrected chi connectivity index (χ1v) is 5.20. The Kier molecular flexibility index (Phi) is 2.92. The summed E-state index contributed by atoms with van der Waals surface area (Å²) in [5, 5.41) is 10.1. The highest BCUT2D eigenvalue weighted by Gasteiger charge is 1.99. The van der Waals surface area contributed by atoms with Gasteiger partial charge in [0.05, 0.1) is 23.3 Å². The van der Waals surface area contributed by atoms with Crippen molar-refractivity contribution >= 4 is 34.0 Å². The number of benzene rings is 1. The number of hydrogen-bond acceptors (Lipinski definition) is 3. The van der Waals surface area contributed by atoms with Gasteiger partial charge in [0, 0.05) is 5.39 Å². The molecule has 0 amide bonds. The van der Waals surface area contributed by atoms with Crippen LogP contribution < -0.4 is 5.73 Å². The van der Waals surface area contributed by atoms with E-state index in [1.165, 1.54) is 6.20 Å². The van der Waals surface area contributed by atoms with E-state index in [0.717, 1.165) is 10.9 Å². The van der Waals surface area contributed by atoms with E-state index in [-0.39, 0.29) is 11.6 Å². The third kappa shape index (κ3) is 2.23. The third-order valence-electron chi connectivity index (χ3n) is 2.06. The fraction of sp³-hybridized carbons (Fsp3) is 0.0909. The fourth-order valence-electron chi connectivity index (χ4n) is 1.36. The number of aromatic hydroxyl groups is 1. The second-order valence-electron chi connectivity index (χ2n) is 3.31. The number of fused-ring (bicyclic) bond motifs is 1. The number of amidine groups is 1. The highest BCUT2D eigenvalue weighted by Crippen LogP contribution is 2.22. The second kappa shape index (κ2) is 4.37. The summed E-state index contributed by atoms with van der Waals surface area (Å²) in [5.41, 5.74) is 6.98. The molecule has 0 saturated heterocycles. The minimum Gasteiger partial charge on any atom is -0.506 e. The summed E-state index contributed by atoms with van der Waals surface area (Å²) in [4.78, 5) is 8.19. The molecule has 0 aliphatic heterocycles. The zero-order valence-corrected chi connectivity index (χ0v) is 9.15. The lowest BCUT2D eigenvalue weighted by Crippen LogP contribution is -2.12. The molecule has 0 spiro atoms. The molecule has 1 heterocycles. The molecule has 3 N–H and O–H groups in total. The van der Waals surface area contributed by atoms with Gasteiger partial charge in [-0.1, -0.05) is 6.07 Å². The minimum absolute atomic E-state index is 0.143. The molecular weight excluding hydrogens is 226 g/mol. The van der Waals surface area contributed by atoms with Crippen LogP contribution in [-0.2, 0) is 0 Å². The van der Waals surface area contributed by atoms with Crippen molar-refractivity contribution in [3.63, 3.8) is 0 Å². The van der Waals surface area contributed by atoms with E-state index in [4.69, 9.17) is 17.3 Å². The molecule has 0 unspecified atom stereocenters. The smallest absolute Gasteiger partial charge is 0.134 e. The molecular formula is C11H10ClN3O. The summed E-state index contributed by atoms with van der Waals surface area (Å²) in [6, 6.07) is 7.04. The zero-order chi connectivity index (χ0) is 11.5. The summed E-state index contributed by atoms with van der Waals surface area (Å²) in [6.45, 7) is 0. The van der Waals surface area contributed by atoms with E-state index in [0.29, 0.717) is 11.5 Å². The Bertz CT molecular complexity index is 554. The summed E-state index contributed by atoms with van der Waals surface area (Å²) < 4.78 is 0. The first-order valence-electron chi connectivity index (χ1n) is 4.67. The normalized spacial score (nSPS) is 11.9. The number of alkyl halides is 1. The third-order valence-corrected chi connectivity index (χ3v) is 2.34. The van der Waals surface area contributed by atoms with Gasteiger partial charge in [-0.2, -0.15) is 0 Å². The predicted molar refractivity (Wildman–Crippen MR) is 65.4 cm³/mol. The van der Waals surface area contributed by atoms with Gasteiger partial charge < -0.3 is 10.8 Å². The van der Waals surface area contributed by atoms with Crippen molar-refractivity contribution in [1.29, 1.82) is 0 Å². The molecule has 0 atom stereocenters. The van der Waals surface area contributed by atoms with Crippen LogP contribution in [0.2, 0.25) is 0 Å². The summed E-state index contributed by atoms with van der Waals surface area (Å²) in [5.74, 6) is 0.699. The Morgan fingerprint density at radius 3 is 3.00 bits per heavy atom. The van der Waals surface area contributed by atoms with Crippen LogP contribution >= 0.6 is 11.6 Å². The summed E-state index contributed by atoms with van der Waals surface area (Å²) >= 11 is 5.54. The van der Waals surface area contributed by atoms with Gasteiger partial charge in [0.2, 0.25) is 0 Å². The molecule has 0 saturated carbocycles. The highest BCUT2D eigenvalue weighted by molar-refractivity contribution is 6.28. The number of halogens is 1. The first-order chi connectivity index (χ1) is 7.69. The fourth-order valence-corrected chi connectivity index (χ4v) is 1.42. The van der Waals surface area contributed by atoms with Crippen LogP contribution in [0.4, 0.5) is 5.69 Å². The summed E-state index contributed by atoms with van der Waals surface area (Å²) in [7, 11) is 0. The largest absolute Gasteiger partial charge is 0.506 e.